The Morgan fingerprint density at radius 1 is 0.912 bits per heavy atom. The second-order valence-electron chi connectivity index (χ2n) is 9.81. The molecule has 6 nitrogen and oxygen atoms in total. The molecule has 7 heteroatoms. The van der Waals surface area contributed by atoms with Crippen LogP contribution in [0.3, 0.4) is 0 Å². The molecule has 0 spiro atoms. The summed E-state index contributed by atoms with van der Waals surface area (Å²) in [6.07, 6.45) is 8.18. The molecule has 2 aromatic carbocycles. The summed E-state index contributed by atoms with van der Waals surface area (Å²) in [5, 5.41) is 8.54. The fourth-order valence-electron chi connectivity index (χ4n) is 5.20. The van der Waals surface area contributed by atoms with Gasteiger partial charge in [-0.05, 0) is 61.8 Å². The van der Waals surface area contributed by atoms with E-state index in [0.29, 0.717) is 18.9 Å². The Bertz CT molecular complexity index is 1120. The minimum Gasteiger partial charge on any atom is -0.343 e. The van der Waals surface area contributed by atoms with Crippen LogP contribution < -0.4 is 4.90 Å². The molecule has 3 heterocycles. The number of hydrogen-bond donors (Lipinski definition) is 0. The summed E-state index contributed by atoms with van der Waals surface area (Å²) in [7, 11) is 0. The summed E-state index contributed by atoms with van der Waals surface area (Å²) in [4.78, 5) is 20.0. The number of nitrogens with zero attached hydrogens (tertiary/aromatic N) is 5. The van der Waals surface area contributed by atoms with Crippen molar-refractivity contribution in [3.8, 4) is 0 Å². The van der Waals surface area contributed by atoms with Crippen LogP contribution in [0.25, 0.3) is 0 Å². The van der Waals surface area contributed by atoms with Gasteiger partial charge in [-0.15, -0.1) is 10.2 Å². The number of para-hydroxylation sites is 2. The lowest BCUT2D eigenvalue weighted by atomic mass is 9.93. The molecule has 0 bridgehead atoms. The van der Waals surface area contributed by atoms with Crippen LogP contribution in [0.5, 0.6) is 0 Å². The zero-order valence-electron chi connectivity index (χ0n) is 19.5. The summed E-state index contributed by atoms with van der Waals surface area (Å²) >= 11 is 1.81. The van der Waals surface area contributed by atoms with Crippen molar-refractivity contribution in [2.45, 2.75) is 54.9 Å². The summed E-state index contributed by atoms with van der Waals surface area (Å²) < 4.78 is 2.25. The first-order valence-electron chi connectivity index (χ1n) is 12.5. The molecule has 1 saturated carbocycles. The maximum Gasteiger partial charge on any atom is 0.224 e. The molecule has 1 aliphatic carbocycles. The smallest absolute Gasteiger partial charge is 0.224 e. The molecule has 2 fully saturated rings. The van der Waals surface area contributed by atoms with Crippen LogP contribution >= 0.6 is 11.8 Å². The van der Waals surface area contributed by atoms with Crippen molar-refractivity contribution in [3.63, 3.8) is 0 Å². The van der Waals surface area contributed by atoms with Gasteiger partial charge in [-0.3, -0.25) is 4.79 Å². The third-order valence-electron chi connectivity index (χ3n) is 7.37. The van der Waals surface area contributed by atoms with Crippen LogP contribution in [0.2, 0.25) is 0 Å². The Morgan fingerprint density at radius 2 is 1.59 bits per heavy atom. The quantitative estimate of drug-likeness (QED) is 0.474. The molecule has 0 N–H and O–H groups in total. The van der Waals surface area contributed by atoms with Gasteiger partial charge in [0.15, 0.2) is 0 Å². The number of fused-ring (bicyclic) bond motifs is 2. The number of carbonyl (C=O) groups excluding carboxylic acids is 1. The molecule has 176 valence electrons. The number of amides is 1. The first kappa shape index (κ1) is 21.7. The average Bonchev–Trinajstić information content (AvgIpc) is 3.59. The van der Waals surface area contributed by atoms with Crippen molar-refractivity contribution in [2.24, 2.45) is 11.8 Å². The predicted octanol–water partition coefficient (Wildman–Crippen LogP) is 5.16. The fraction of sp³-hybridized carbons (Fsp3) is 0.444. The highest BCUT2D eigenvalue weighted by Gasteiger charge is 2.28. The van der Waals surface area contributed by atoms with Crippen LogP contribution in [-0.4, -0.2) is 45.2 Å². The second kappa shape index (κ2) is 9.45. The van der Waals surface area contributed by atoms with E-state index in [1.54, 1.807) is 0 Å². The van der Waals surface area contributed by atoms with Gasteiger partial charge in [-0.25, -0.2) is 0 Å². The number of anilines is 2. The number of rotatable bonds is 7. The Balaban J connectivity index is 1.05. The number of piperidine rings is 1. The Morgan fingerprint density at radius 3 is 2.26 bits per heavy atom. The van der Waals surface area contributed by atoms with E-state index in [1.165, 1.54) is 34.0 Å². The predicted molar refractivity (Wildman–Crippen MR) is 134 cm³/mol. The topological polar surface area (TPSA) is 54.3 Å². The Hall–Kier alpha value is -2.80. The molecule has 1 aromatic heterocycles. The van der Waals surface area contributed by atoms with Gasteiger partial charge in [0, 0.05) is 48.8 Å². The van der Waals surface area contributed by atoms with Crippen molar-refractivity contribution in [1.82, 2.24) is 19.7 Å². The summed E-state index contributed by atoms with van der Waals surface area (Å²) in [5.74, 6) is 2.80. The Kier molecular flexibility index (Phi) is 6.04. The molecule has 6 rings (SSSR count). The third kappa shape index (κ3) is 4.58. The molecule has 0 atom stereocenters. The SMILES string of the molecule is O=C(CCN1c2ccccc2Sc2ccccc21)N1CCC(Cc2nncn2CC2CC2)CC1. The van der Waals surface area contributed by atoms with Gasteiger partial charge >= 0.3 is 0 Å². The van der Waals surface area contributed by atoms with Crippen LogP contribution in [-0.2, 0) is 17.8 Å². The molecule has 2 aliphatic heterocycles. The number of carbonyl (C=O) groups is 1. The minimum absolute atomic E-state index is 0.267. The van der Waals surface area contributed by atoms with Crippen molar-refractivity contribution < 1.29 is 4.79 Å². The number of hydrogen-bond acceptors (Lipinski definition) is 5. The number of aromatic nitrogens is 3. The van der Waals surface area contributed by atoms with E-state index in [-0.39, 0.29) is 5.91 Å². The van der Waals surface area contributed by atoms with Crippen molar-refractivity contribution in [2.75, 3.05) is 24.5 Å². The third-order valence-corrected chi connectivity index (χ3v) is 8.50. The lowest BCUT2D eigenvalue weighted by Gasteiger charge is -2.35. The molecule has 1 saturated heterocycles. The minimum atomic E-state index is 0.267. The van der Waals surface area contributed by atoms with Crippen LogP contribution in [0.4, 0.5) is 11.4 Å². The maximum absolute atomic E-state index is 13.1. The molecule has 34 heavy (non-hydrogen) atoms. The first-order valence-corrected chi connectivity index (χ1v) is 13.3. The van der Waals surface area contributed by atoms with E-state index < -0.39 is 0 Å². The van der Waals surface area contributed by atoms with Crippen LogP contribution in [0.1, 0.15) is 37.9 Å². The van der Waals surface area contributed by atoms with Gasteiger partial charge in [0.1, 0.15) is 12.2 Å². The van der Waals surface area contributed by atoms with E-state index in [1.807, 2.05) is 18.1 Å². The highest BCUT2D eigenvalue weighted by Crippen LogP contribution is 2.47. The standard InChI is InChI=1S/C27H31N5OS/c33-27(13-16-32-22-5-1-3-7-24(22)34-25-8-4-2-6-23(25)32)30-14-11-20(12-15-30)17-26-29-28-19-31(26)18-21-9-10-21/h1-8,19-21H,9-18H2. The van der Waals surface area contributed by atoms with Gasteiger partial charge in [-0.1, -0.05) is 36.0 Å². The van der Waals surface area contributed by atoms with Crippen molar-refractivity contribution >= 4 is 29.0 Å². The molecule has 0 unspecified atom stereocenters. The summed E-state index contributed by atoms with van der Waals surface area (Å²) in [5.41, 5.74) is 2.40. The number of likely N-dealkylation sites (tertiary alicyclic amines) is 1. The molecule has 1 amide bonds. The van der Waals surface area contributed by atoms with Gasteiger partial charge in [-0.2, -0.15) is 0 Å². The summed E-state index contributed by atoms with van der Waals surface area (Å²) in [6, 6.07) is 17.0. The lowest BCUT2D eigenvalue weighted by Crippen LogP contribution is -2.40. The van der Waals surface area contributed by atoms with E-state index in [4.69, 9.17) is 0 Å². The zero-order chi connectivity index (χ0) is 22.9. The maximum atomic E-state index is 13.1. The second-order valence-corrected chi connectivity index (χ2v) is 10.9. The zero-order valence-corrected chi connectivity index (χ0v) is 20.3. The molecule has 3 aromatic rings. The van der Waals surface area contributed by atoms with E-state index in [0.717, 1.165) is 50.6 Å². The summed E-state index contributed by atoms with van der Waals surface area (Å²) in [6.45, 7) is 3.48. The average molecular weight is 474 g/mol. The highest BCUT2D eigenvalue weighted by atomic mass is 32.2. The largest absolute Gasteiger partial charge is 0.343 e. The molecule has 0 radical (unpaired) electrons. The Labute approximate surface area is 205 Å². The van der Waals surface area contributed by atoms with Crippen molar-refractivity contribution in [3.05, 3.63) is 60.7 Å². The van der Waals surface area contributed by atoms with Gasteiger partial charge < -0.3 is 14.4 Å². The first-order chi connectivity index (χ1) is 16.7. The normalized spacial score (nSPS) is 18.0. The highest BCUT2D eigenvalue weighted by molar-refractivity contribution is 7.99. The molecular weight excluding hydrogens is 442 g/mol. The van der Waals surface area contributed by atoms with Crippen LogP contribution in [0, 0.1) is 11.8 Å². The monoisotopic (exact) mass is 473 g/mol. The number of benzene rings is 2. The van der Waals surface area contributed by atoms with E-state index >= 15 is 0 Å². The van der Waals surface area contributed by atoms with Gasteiger partial charge in [0.25, 0.3) is 0 Å². The van der Waals surface area contributed by atoms with Gasteiger partial charge in [0.05, 0.1) is 11.4 Å². The lowest BCUT2D eigenvalue weighted by molar-refractivity contribution is -0.132. The van der Waals surface area contributed by atoms with E-state index in [9.17, 15) is 4.79 Å². The van der Waals surface area contributed by atoms with Gasteiger partial charge in [0.2, 0.25) is 5.91 Å². The fourth-order valence-corrected chi connectivity index (χ4v) is 6.30. The van der Waals surface area contributed by atoms with E-state index in [2.05, 4.69) is 73.1 Å². The molecular formula is C27H31N5OS. The van der Waals surface area contributed by atoms with Crippen molar-refractivity contribution in [1.29, 1.82) is 0 Å². The molecule has 3 aliphatic rings. The van der Waals surface area contributed by atoms with Crippen LogP contribution in [0.15, 0.2) is 64.6 Å².